The number of aromatic nitrogens is 2. The molecule has 0 amide bonds. The summed E-state index contributed by atoms with van der Waals surface area (Å²) in [5, 5.41) is 8.38. The molecule has 0 atom stereocenters. The van der Waals surface area contributed by atoms with E-state index < -0.39 is 5.97 Å². The first kappa shape index (κ1) is 14.4. The topological polar surface area (TPSA) is 63.1 Å². The molecule has 1 N–H and O–H groups in total. The SMILES string of the molecule is O=C(O)c1ccccc1.[Rh].c1cnccn1. The van der Waals surface area contributed by atoms with E-state index in [4.69, 9.17) is 5.11 Å². The molecular formula is C11H10N2O2Rh. The molecule has 0 aliphatic rings. The fourth-order valence-corrected chi connectivity index (χ4v) is 0.834. The number of aromatic carboxylic acids is 1. The summed E-state index contributed by atoms with van der Waals surface area (Å²) < 4.78 is 0. The van der Waals surface area contributed by atoms with E-state index in [1.807, 2.05) is 0 Å². The second kappa shape index (κ2) is 8.68. The summed E-state index contributed by atoms with van der Waals surface area (Å²) in [5.41, 5.74) is 0.331. The van der Waals surface area contributed by atoms with Crippen molar-refractivity contribution >= 4 is 5.97 Å². The number of hydrogen-bond acceptors (Lipinski definition) is 3. The van der Waals surface area contributed by atoms with Crippen LogP contribution in [0.3, 0.4) is 0 Å². The number of benzene rings is 1. The van der Waals surface area contributed by atoms with Gasteiger partial charge in [0, 0.05) is 44.3 Å². The predicted octanol–water partition coefficient (Wildman–Crippen LogP) is 1.86. The molecule has 2 rings (SSSR count). The molecule has 0 bridgehead atoms. The number of nitrogens with zero attached hydrogens (tertiary/aromatic N) is 2. The van der Waals surface area contributed by atoms with E-state index >= 15 is 0 Å². The van der Waals surface area contributed by atoms with Crippen LogP contribution in [0.4, 0.5) is 0 Å². The zero-order chi connectivity index (χ0) is 10.9. The summed E-state index contributed by atoms with van der Waals surface area (Å²) in [5.74, 6) is -0.879. The standard InChI is InChI=1S/C7H6O2.C4H4N2.Rh/c8-7(9)6-4-2-1-3-5-6;1-2-6-4-3-5-1;/h1-5H,(H,8,9);1-4H;. The van der Waals surface area contributed by atoms with Crippen LogP contribution in [-0.2, 0) is 19.5 Å². The van der Waals surface area contributed by atoms with Gasteiger partial charge in [0.05, 0.1) is 5.56 Å². The van der Waals surface area contributed by atoms with Gasteiger partial charge >= 0.3 is 5.97 Å². The van der Waals surface area contributed by atoms with Gasteiger partial charge in [-0.15, -0.1) is 0 Å². The van der Waals surface area contributed by atoms with Gasteiger partial charge in [-0.25, -0.2) is 4.79 Å². The molecule has 0 fully saturated rings. The molecule has 0 aliphatic heterocycles. The van der Waals surface area contributed by atoms with Gasteiger partial charge in [-0.05, 0) is 12.1 Å². The Morgan fingerprint density at radius 1 is 0.938 bits per heavy atom. The maximum absolute atomic E-state index is 10.2. The van der Waals surface area contributed by atoms with E-state index in [0.717, 1.165) is 0 Å². The van der Waals surface area contributed by atoms with Crippen molar-refractivity contribution in [2.45, 2.75) is 0 Å². The van der Waals surface area contributed by atoms with E-state index in [2.05, 4.69) is 9.97 Å². The second-order valence-electron chi connectivity index (χ2n) is 2.57. The molecule has 0 saturated carbocycles. The zero-order valence-corrected chi connectivity index (χ0v) is 9.92. The Labute approximate surface area is 106 Å². The Balaban J connectivity index is 0.000000283. The van der Waals surface area contributed by atoms with Crippen molar-refractivity contribution < 1.29 is 29.4 Å². The van der Waals surface area contributed by atoms with Gasteiger partial charge in [0.1, 0.15) is 0 Å². The molecule has 1 heterocycles. The van der Waals surface area contributed by atoms with Crippen molar-refractivity contribution in [3.63, 3.8) is 0 Å². The normalized spacial score (nSPS) is 8.00. The molecule has 4 nitrogen and oxygen atoms in total. The molecule has 16 heavy (non-hydrogen) atoms. The minimum absolute atomic E-state index is 0. The molecule has 5 heteroatoms. The van der Waals surface area contributed by atoms with E-state index in [9.17, 15) is 4.79 Å². The van der Waals surface area contributed by atoms with Crippen molar-refractivity contribution in [3.8, 4) is 0 Å². The van der Waals surface area contributed by atoms with Crippen LogP contribution in [0.1, 0.15) is 10.4 Å². The zero-order valence-electron chi connectivity index (χ0n) is 8.28. The van der Waals surface area contributed by atoms with Crippen molar-refractivity contribution in [2.24, 2.45) is 0 Å². The maximum Gasteiger partial charge on any atom is 0.335 e. The molecule has 0 aliphatic carbocycles. The first-order chi connectivity index (χ1) is 7.30. The fraction of sp³-hybridized carbons (Fsp3) is 0. The van der Waals surface area contributed by atoms with Crippen LogP contribution in [-0.4, -0.2) is 21.0 Å². The summed E-state index contributed by atoms with van der Waals surface area (Å²) in [4.78, 5) is 17.6. The van der Waals surface area contributed by atoms with Crippen LogP contribution in [0.15, 0.2) is 55.1 Å². The minimum atomic E-state index is -0.879. The van der Waals surface area contributed by atoms with Gasteiger partial charge in [-0.3, -0.25) is 9.97 Å². The van der Waals surface area contributed by atoms with E-state index in [0.29, 0.717) is 5.56 Å². The molecule has 0 spiro atoms. The number of carboxylic acids is 1. The molecule has 0 saturated heterocycles. The van der Waals surface area contributed by atoms with Crippen LogP contribution in [0.2, 0.25) is 0 Å². The van der Waals surface area contributed by atoms with Gasteiger partial charge in [-0.2, -0.15) is 0 Å². The summed E-state index contributed by atoms with van der Waals surface area (Å²) in [7, 11) is 0. The molecule has 2 aromatic rings. The van der Waals surface area contributed by atoms with Gasteiger partial charge in [-0.1, -0.05) is 18.2 Å². The Kier molecular flexibility index (Phi) is 7.81. The molecular weight excluding hydrogens is 295 g/mol. The van der Waals surface area contributed by atoms with Crippen molar-refractivity contribution in [1.29, 1.82) is 0 Å². The van der Waals surface area contributed by atoms with Crippen molar-refractivity contribution in [2.75, 3.05) is 0 Å². The monoisotopic (exact) mass is 305 g/mol. The van der Waals surface area contributed by atoms with Crippen LogP contribution in [0, 0.1) is 0 Å². The first-order valence-corrected chi connectivity index (χ1v) is 4.29. The Hall–Kier alpha value is -1.61. The average molecular weight is 305 g/mol. The Morgan fingerprint density at radius 3 is 1.62 bits per heavy atom. The fourth-order valence-electron chi connectivity index (χ4n) is 0.834. The molecule has 1 aromatic carbocycles. The smallest absolute Gasteiger partial charge is 0.335 e. The molecule has 1 radical (unpaired) electrons. The van der Waals surface area contributed by atoms with E-state index in [1.54, 1.807) is 55.1 Å². The van der Waals surface area contributed by atoms with Gasteiger partial charge in [0.2, 0.25) is 0 Å². The third kappa shape index (κ3) is 5.99. The summed E-state index contributed by atoms with van der Waals surface area (Å²) in [6, 6.07) is 8.30. The quantitative estimate of drug-likeness (QED) is 0.817. The largest absolute Gasteiger partial charge is 0.478 e. The van der Waals surface area contributed by atoms with Crippen LogP contribution < -0.4 is 0 Å². The summed E-state index contributed by atoms with van der Waals surface area (Å²) in [6.45, 7) is 0. The Morgan fingerprint density at radius 2 is 1.38 bits per heavy atom. The van der Waals surface area contributed by atoms with Crippen molar-refractivity contribution in [1.82, 2.24) is 9.97 Å². The third-order valence-corrected chi connectivity index (χ3v) is 1.50. The molecule has 1 aromatic heterocycles. The van der Waals surface area contributed by atoms with Crippen LogP contribution >= 0.6 is 0 Å². The van der Waals surface area contributed by atoms with E-state index in [1.165, 1.54) is 0 Å². The number of rotatable bonds is 1. The van der Waals surface area contributed by atoms with Crippen LogP contribution in [0.25, 0.3) is 0 Å². The number of hydrogen-bond donors (Lipinski definition) is 1. The van der Waals surface area contributed by atoms with Gasteiger partial charge in [0.15, 0.2) is 0 Å². The molecule has 0 unspecified atom stereocenters. The summed E-state index contributed by atoms with van der Waals surface area (Å²) >= 11 is 0. The summed E-state index contributed by atoms with van der Waals surface area (Å²) in [6.07, 6.45) is 6.56. The predicted molar refractivity (Wildman–Crippen MR) is 55.4 cm³/mol. The maximum atomic E-state index is 10.2. The van der Waals surface area contributed by atoms with E-state index in [-0.39, 0.29) is 19.5 Å². The number of carbonyl (C=O) groups is 1. The average Bonchev–Trinajstić information content (AvgIpc) is 2.33. The minimum Gasteiger partial charge on any atom is -0.478 e. The third-order valence-electron chi connectivity index (χ3n) is 1.50. The van der Waals surface area contributed by atoms with Gasteiger partial charge < -0.3 is 5.11 Å². The number of carboxylic acid groups (broad SMARTS) is 1. The van der Waals surface area contributed by atoms with Crippen LogP contribution in [0.5, 0.6) is 0 Å². The Bertz CT molecular complexity index is 369. The van der Waals surface area contributed by atoms with Crippen molar-refractivity contribution in [3.05, 3.63) is 60.7 Å². The molecule has 85 valence electrons. The first-order valence-electron chi connectivity index (χ1n) is 4.29. The van der Waals surface area contributed by atoms with Gasteiger partial charge in [0.25, 0.3) is 0 Å². The second-order valence-corrected chi connectivity index (χ2v) is 2.57.